The number of pyridine rings is 4. The van der Waals surface area contributed by atoms with Gasteiger partial charge in [-0.2, -0.15) is 26.3 Å². The Balaban J connectivity index is 0.000000299. The highest BCUT2D eigenvalue weighted by Crippen LogP contribution is 2.30. The molecule has 0 bridgehead atoms. The molecule has 6 N–H and O–H groups in total. The molecular formula is C40H41F6N7O12. The Hall–Kier alpha value is -7.73. The van der Waals surface area contributed by atoms with Crippen molar-refractivity contribution in [2.45, 2.75) is 51.9 Å². The van der Waals surface area contributed by atoms with Crippen LogP contribution in [0.4, 0.5) is 38.0 Å². The summed E-state index contributed by atoms with van der Waals surface area (Å²) in [4.78, 5) is 92.6. The Morgan fingerprint density at radius 3 is 1.51 bits per heavy atom. The van der Waals surface area contributed by atoms with Crippen LogP contribution >= 0.6 is 0 Å². The number of primary amides is 1. The maximum atomic E-state index is 12.5. The number of ether oxygens (including phenoxy) is 5. The van der Waals surface area contributed by atoms with E-state index >= 15 is 0 Å². The number of halogens is 6. The molecule has 4 heterocycles. The average molecular weight is 926 g/mol. The van der Waals surface area contributed by atoms with Crippen LogP contribution in [0.3, 0.4) is 0 Å². The molecule has 0 saturated heterocycles. The number of rotatable bonds is 9. The van der Waals surface area contributed by atoms with E-state index in [0.717, 1.165) is 26.4 Å². The van der Waals surface area contributed by atoms with Gasteiger partial charge in [0.15, 0.2) is 17.2 Å². The molecule has 1 amide bonds. The Morgan fingerprint density at radius 2 is 1.06 bits per heavy atom. The van der Waals surface area contributed by atoms with Gasteiger partial charge >= 0.3 is 42.2 Å². The van der Waals surface area contributed by atoms with E-state index in [9.17, 15) is 59.9 Å². The number of alkyl halides is 6. The highest BCUT2D eigenvalue weighted by molar-refractivity contribution is 5.99. The highest BCUT2D eigenvalue weighted by Gasteiger charge is 2.35. The van der Waals surface area contributed by atoms with E-state index in [1.807, 2.05) is 0 Å². The van der Waals surface area contributed by atoms with Crippen LogP contribution in [-0.2, 0) is 53.7 Å². The molecule has 0 spiro atoms. The Bertz CT molecular complexity index is 2400. The average Bonchev–Trinajstić information content (AvgIpc) is 3.25. The summed E-state index contributed by atoms with van der Waals surface area (Å²) in [6.45, 7) is 3.86. The third-order valence-electron chi connectivity index (χ3n) is 8.08. The maximum Gasteiger partial charge on any atom is 0.433 e. The van der Waals surface area contributed by atoms with E-state index in [1.54, 1.807) is 13.8 Å². The fraction of sp³-hybridized carbons (Fsp3) is 0.325. The van der Waals surface area contributed by atoms with Crippen molar-refractivity contribution in [3.05, 3.63) is 105 Å². The lowest BCUT2D eigenvalue weighted by Gasteiger charge is -2.15. The van der Waals surface area contributed by atoms with Gasteiger partial charge in [-0.05, 0) is 75.2 Å². The zero-order valence-electron chi connectivity index (χ0n) is 35.0. The molecule has 350 valence electrons. The fourth-order valence-electron chi connectivity index (χ4n) is 5.03. The van der Waals surface area contributed by atoms with Gasteiger partial charge < -0.3 is 40.9 Å². The van der Waals surface area contributed by atoms with Crippen molar-refractivity contribution in [2.24, 2.45) is 5.73 Å². The van der Waals surface area contributed by atoms with Crippen LogP contribution in [0.5, 0.6) is 0 Å². The molecule has 0 atom stereocenters. The second kappa shape index (κ2) is 24.2. The number of amides is 1. The number of carbonyl (C=O) groups is 7. The molecule has 4 aromatic heterocycles. The Labute approximate surface area is 365 Å². The minimum atomic E-state index is -4.67. The minimum Gasteiger partial charge on any atom is -0.469 e. The summed E-state index contributed by atoms with van der Waals surface area (Å²) in [5.74, 6) is -4.37. The predicted molar refractivity (Wildman–Crippen MR) is 212 cm³/mol. The maximum absolute atomic E-state index is 12.5. The van der Waals surface area contributed by atoms with Crippen molar-refractivity contribution < 1.29 is 83.6 Å². The van der Waals surface area contributed by atoms with Gasteiger partial charge in [-0.15, -0.1) is 0 Å². The summed E-state index contributed by atoms with van der Waals surface area (Å²) in [5.41, 5.74) is 14.3. The molecule has 0 aromatic carbocycles. The SMILES string of the molecule is CCOC(=O)c1ccc(C(=O)OC)c(N)n1.CCOC(=O)c1ccc(C(N)=O)c(N)n1.COC(=O)Cc1nc(C(F)(F)F)ccc1C(=O)OC.O=C1CCCc2nc(C(F)(F)F)ccc21. The number of ketones is 1. The summed E-state index contributed by atoms with van der Waals surface area (Å²) < 4.78 is 97.1. The molecule has 25 heteroatoms. The molecule has 4 aromatic rings. The van der Waals surface area contributed by atoms with Gasteiger partial charge in [-0.25, -0.2) is 39.1 Å². The number of esters is 5. The van der Waals surface area contributed by atoms with Gasteiger partial charge in [0.25, 0.3) is 5.91 Å². The molecule has 5 rings (SSSR count). The monoisotopic (exact) mass is 925 g/mol. The molecule has 1 aliphatic carbocycles. The predicted octanol–water partition coefficient (Wildman–Crippen LogP) is 4.79. The lowest BCUT2D eigenvalue weighted by molar-refractivity contribution is -0.142. The largest absolute Gasteiger partial charge is 0.469 e. The standard InChI is InChI=1S/C11H10F3NO4.C10H8F3NO.C10H12N2O4.C9H11N3O3/c1-18-9(16)5-7-6(10(17)19-2)3-4-8(15-7)11(12,13)14;11-10(12,13)9-5-4-6-7(14-9)2-1-3-8(6)15;1-3-16-10(14)7-5-4-6(8(11)12-7)9(13)15-2;1-2-15-9(14)6-4-3-5(8(11)13)7(10)12-6/h3-4H,5H2,1-2H3;4-5H,1-3H2;4-5H,3H2,1-2H3,(H2,11,12);3-4H,2H2,1H3,(H2,10,12)(H2,11,13). The molecule has 19 nitrogen and oxygen atoms in total. The van der Waals surface area contributed by atoms with E-state index in [1.165, 1.54) is 37.4 Å². The summed E-state index contributed by atoms with van der Waals surface area (Å²) in [7, 11) is 3.39. The van der Waals surface area contributed by atoms with E-state index < -0.39 is 65.9 Å². The zero-order valence-corrected chi connectivity index (χ0v) is 35.0. The second-order valence-electron chi connectivity index (χ2n) is 12.5. The third kappa shape index (κ3) is 15.8. The first-order chi connectivity index (χ1) is 30.4. The first kappa shape index (κ1) is 53.4. The van der Waals surface area contributed by atoms with Crippen LogP contribution in [0.1, 0.15) is 112 Å². The molecule has 0 aliphatic heterocycles. The first-order valence-electron chi connectivity index (χ1n) is 18.5. The van der Waals surface area contributed by atoms with Gasteiger partial charge in [0.2, 0.25) is 0 Å². The summed E-state index contributed by atoms with van der Waals surface area (Å²) in [6.07, 6.45) is -8.22. The van der Waals surface area contributed by atoms with Crippen molar-refractivity contribution >= 4 is 53.2 Å². The van der Waals surface area contributed by atoms with Crippen molar-refractivity contribution in [3.8, 4) is 0 Å². The molecule has 1 aliphatic rings. The van der Waals surface area contributed by atoms with Crippen LogP contribution in [-0.4, -0.2) is 96.0 Å². The van der Waals surface area contributed by atoms with E-state index in [2.05, 4.69) is 34.1 Å². The number of hydrogen-bond acceptors (Lipinski definition) is 18. The number of nitrogens with zero attached hydrogens (tertiary/aromatic N) is 4. The van der Waals surface area contributed by atoms with Crippen LogP contribution < -0.4 is 17.2 Å². The lowest BCUT2D eigenvalue weighted by Crippen LogP contribution is -2.17. The summed E-state index contributed by atoms with van der Waals surface area (Å²) in [6, 6.07) is 9.08. The summed E-state index contributed by atoms with van der Waals surface area (Å²) >= 11 is 0. The number of nitrogen functional groups attached to an aromatic ring is 2. The minimum absolute atomic E-state index is 0.0550. The topological polar surface area (TPSA) is 295 Å². The normalized spacial score (nSPS) is 11.6. The van der Waals surface area contributed by atoms with E-state index in [-0.39, 0.29) is 70.1 Å². The first-order valence-corrected chi connectivity index (χ1v) is 18.5. The van der Waals surface area contributed by atoms with Crippen molar-refractivity contribution in [2.75, 3.05) is 46.0 Å². The Kier molecular flexibility index (Phi) is 19.9. The molecule has 65 heavy (non-hydrogen) atoms. The number of nitrogens with two attached hydrogens (primary N) is 3. The zero-order chi connectivity index (χ0) is 49.2. The number of methoxy groups -OCH3 is 3. The van der Waals surface area contributed by atoms with Gasteiger partial charge in [0, 0.05) is 12.0 Å². The van der Waals surface area contributed by atoms with Crippen LogP contribution in [0.2, 0.25) is 0 Å². The molecule has 0 radical (unpaired) electrons. The van der Waals surface area contributed by atoms with Crippen LogP contribution in [0.15, 0.2) is 48.5 Å². The van der Waals surface area contributed by atoms with Crippen molar-refractivity contribution in [3.63, 3.8) is 0 Å². The van der Waals surface area contributed by atoms with Gasteiger partial charge in [0.05, 0.1) is 63.5 Å². The number of carbonyl (C=O) groups excluding carboxylic acids is 7. The van der Waals surface area contributed by atoms with Crippen LogP contribution in [0.25, 0.3) is 0 Å². The smallest absolute Gasteiger partial charge is 0.433 e. The van der Waals surface area contributed by atoms with Gasteiger partial charge in [-0.1, -0.05) is 0 Å². The number of hydrogen-bond donors (Lipinski definition) is 3. The number of Topliss-reactive ketones (excluding diaryl/α,β-unsaturated/α-hetero) is 1. The van der Waals surface area contributed by atoms with E-state index in [0.29, 0.717) is 30.9 Å². The third-order valence-corrected chi connectivity index (χ3v) is 8.08. The lowest BCUT2D eigenvalue weighted by atomic mass is 9.94. The molecule has 0 fully saturated rings. The summed E-state index contributed by atoms with van der Waals surface area (Å²) in [5, 5.41) is 0. The number of anilines is 2. The quantitative estimate of drug-likeness (QED) is 0.115. The number of aryl methyl sites for hydroxylation is 1. The fourth-order valence-corrected chi connectivity index (χ4v) is 5.03. The number of aromatic nitrogens is 4. The molecular weight excluding hydrogens is 884 g/mol. The second-order valence-corrected chi connectivity index (χ2v) is 12.5. The van der Waals surface area contributed by atoms with E-state index in [4.69, 9.17) is 26.7 Å². The Morgan fingerprint density at radius 1 is 0.600 bits per heavy atom. The van der Waals surface area contributed by atoms with Crippen molar-refractivity contribution in [1.82, 2.24) is 19.9 Å². The van der Waals surface area contributed by atoms with Gasteiger partial charge in [-0.3, -0.25) is 14.4 Å². The van der Waals surface area contributed by atoms with Crippen LogP contribution in [0, 0.1) is 0 Å². The van der Waals surface area contributed by atoms with Gasteiger partial charge in [0.1, 0.15) is 28.6 Å². The molecule has 0 unspecified atom stereocenters. The highest BCUT2D eigenvalue weighted by atomic mass is 19.4. The van der Waals surface area contributed by atoms with Crippen molar-refractivity contribution in [1.29, 1.82) is 0 Å². The number of fused-ring (bicyclic) bond motifs is 1. The molecule has 0 saturated carbocycles.